The van der Waals surface area contributed by atoms with Crippen molar-refractivity contribution in [3.8, 4) is 0 Å². The Morgan fingerprint density at radius 1 is 1.05 bits per heavy atom. The van der Waals surface area contributed by atoms with Crippen molar-refractivity contribution in [2.24, 2.45) is 23.2 Å². The highest BCUT2D eigenvalue weighted by Crippen LogP contribution is 2.56. The number of hydrogen-bond donors (Lipinski definition) is 1. The van der Waals surface area contributed by atoms with Gasteiger partial charge < -0.3 is 9.84 Å². The van der Waals surface area contributed by atoms with E-state index in [0.717, 1.165) is 50.5 Å². The van der Waals surface area contributed by atoms with Crippen LogP contribution in [0.1, 0.15) is 50.3 Å². The molecule has 2 saturated heterocycles. The van der Waals surface area contributed by atoms with Crippen LogP contribution in [0.3, 0.4) is 0 Å². The molecule has 0 bridgehead atoms. The zero-order valence-electron chi connectivity index (χ0n) is 22.4. The predicted octanol–water partition coefficient (Wildman–Crippen LogP) is 5.33. The number of carbonyl (C=O) groups is 1. The van der Waals surface area contributed by atoms with Gasteiger partial charge in [-0.1, -0.05) is 79.6 Å². The second-order valence-corrected chi connectivity index (χ2v) is 12.4. The second-order valence-electron chi connectivity index (χ2n) is 12.0. The van der Waals surface area contributed by atoms with Gasteiger partial charge in [-0.2, -0.15) is 0 Å². The molecule has 2 aliphatic carbocycles. The van der Waals surface area contributed by atoms with Gasteiger partial charge in [0.05, 0.1) is 18.1 Å². The molecular weight excluding hydrogens is 496 g/mol. The Morgan fingerprint density at radius 2 is 1.74 bits per heavy atom. The highest BCUT2D eigenvalue weighted by atomic mass is 35.5. The van der Waals surface area contributed by atoms with Crippen LogP contribution in [0.2, 0.25) is 5.02 Å². The molecule has 5 nitrogen and oxygen atoms in total. The van der Waals surface area contributed by atoms with Crippen LogP contribution < -0.4 is 0 Å². The first kappa shape index (κ1) is 26.1. The molecule has 0 spiro atoms. The summed E-state index contributed by atoms with van der Waals surface area (Å²) in [4.78, 5) is 18.1. The van der Waals surface area contributed by atoms with Crippen molar-refractivity contribution in [2.45, 2.75) is 51.4 Å². The molecule has 6 heteroatoms. The van der Waals surface area contributed by atoms with Crippen molar-refractivity contribution >= 4 is 17.6 Å². The summed E-state index contributed by atoms with van der Waals surface area (Å²) in [5, 5.41) is 12.4. The lowest BCUT2D eigenvalue weighted by atomic mass is 9.55. The first-order valence-corrected chi connectivity index (χ1v) is 14.6. The number of benzene rings is 2. The van der Waals surface area contributed by atoms with Crippen LogP contribution >= 0.6 is 11.6 Å². The lowest BCUT2D eigenvalue weighted by Gasteiger charge is -2.52. The number of esters is 1. The summed E-state index contributed by atoms with van der Waals surface area (Å²) in [7, 11) is 0. The highest BCUT2D eigenvalue weighted by molar-refractivity contribution is 6.30. The summed E-state index contributed by atoms with van der Waals surface area (Å²) in [5.74, 6) is -0.119. The van der Waals surface area contributed by atoms with Gasteiger partial charge in [-0.05, 0) is 42.0 Å². The van der Waals surface area contributed by atoms with Crippen LogP contribution in [0.25, 0.3) is 0 Å². The zero-order chi connectivity index (χ0) is 26.4. The van der Waals surface area contributed by atoms with Crippen molar-refractivity contribution < 1.29 is 14.6 Å². The monoisotopic (exact) mass is 534 g/mol. The molecule has 0 unspecified atom stereocenters. The van der Waals surface area contributed by atoms with Crippen LogP contribution in [-0.2, 0) is 9.53 Å². The summed E-state index contributed by atoms with van der Waals surface area (Å²) < 4.78 is 5.92. The summed E-state index contributed by atoms with van der Waals surface area (Å²) in [6.45, 7) is 8.70. The van der Waals surface area contributed by atoms with Crippen LogP contribution in [-0.4, -0.2) is 65.8 Å². The number of fused-ring (bicyclic) bond motifs is 2. The van der Waals surface area contributed by atoms with Gasteiger partial charge in [-0.3, -0.25) is 14.6 Å². The van der Waals surface area contributed by atoms with Crippen molar-refractivity contribution in [3.63, 3.8) is 0 Å². The SMILES string of the molecule is C[C@H]1CCC=C2C[C@H]3OC(=O)[C@H](CN4CCN([C@@H](c5ccccc5)c5ccc(Cl)cc5)CC4)[C@@H]3[C@H](O)[C@@]21C. The van der Waals surface area contributed by atoms with E-state index >= 15 is 0 Å². The number of hydrogen-bond acceptors (Lipinski definition) is 5. The molecule has 4 aliphatic rings. The van der Waals surface area contributed by atoms with E-state index in [1.807, 2.05) is 12.1 Å². The Balaban J connectivity index is 1.16. The molecule has 7 atom stereocenters. The quantitative estimate of drug-likeness (QED) is 0.415. The predicted molar refractivity (Wildman–Crippen MR) is 150 cm³/mol. The Morgan fingerprint density at radius 3 is 2.45 bits per heavy atom. The first-order chi connectivity index (χ1) is 18.4. The molecule has 202 valence electrons. The third kappa shape index (κ3) is 4.52. The van der Waals surface area contributed by atoms with Crippen LogP contribution in [0.4, 0.5) is 0 Å². The largest absolute Gasteiger partial charge is 0.461 e. The third-order valence-corrected chi connectivity index (χ3v) is 10.4. The van der Waals surface area contributed by atoms with E-state index in [1.54, 1.807) is 0 Å². The van der Waals surface area contributed by atoms with Gasteiger partial charge in [0, 0.05) is 55.5 Å². The fraction of sp³-hybridized carbons (Fsp3) is 0.531. The minimum Gasteiger partial charge on any atom is -0.461 e. The number of aliphatic hydroxyl groups is 1. The van der Waals surface area contributed by atoms with Crippen LogP contribution in [0, 0.1) is 23.2 Å². The number of halogens is 1. The second kappa shape index (κ2) is 10.4. The van der Waals surface area contributed by atoms with Crippen molar-refractivity contribution in [1.82, 2.24) is 9.80 Å². The van der Waals surface area contributed by atoms with Gasteiger partial charge in [0.2, 0.25) is 0 Å². The standard InChI is InChI=1S/C32H39ClN2O3/c1-21-7-6-10-24-19-27-28(30(36)32(21,24)2)26(31(37)38-27)20-34-15-17-35(18-16-34)29(22-8-4-3-5-9-22)23-11-13-25(33)14-12-23/h3-5,8-14,21,26-30,36H,6-7,15-20H2,1-2H3/t21-,26+,27+,28-,29-,30-,32+/m0/s1. The van der Waals surface area contributed by atoms with E-state index in [2.05, 4.69) is 72.2 Å². The number of nitrogens with zero attached hydrogens (tertiary/aromatic N) is 2. The number of ether oxygens (including phenoxy) is 1. The minimum absolute atomic E-state index is 0.125. The molecule has 38 heavy (non-hydrogen) atoms. The number of rotatable bonds is 5. The molecule has 0 amide bonds. The molecule has 2 aliphatic heterocycles. The van der Waals surface area contributed by atoms with Crippen molar-refractivity contribution in [2.75, 3.05) is 32.7 Å². The molecule has 1 N–H and O–H groups in total. The van der Waals surface area contributed by atoms with Crippen LogP contribution in [0.5, 0.6) is 0 Å². The average Bonchev–Trinajstić information content (AvgIpc) is 3.23. The summed E-state index contributed by atoms with van der Waals surface area (Å²) >= 11 is 6.19. The van der Waals surface area contributed by atoms with E-state index in [4.69, 9.17) is 16.3 Å². The van der Waals surface area contributed by atoms with E-state index in [1.165, 1.54) is 16.7 Å². The molecular formula is C32H39ClN2O3. The first-order valence-electron chi connectivity index (χ1n) is 14.2. The van der Waals surface area contributed by atoms with E-state index in [-0.39, 0.29) is 35.4 Å². The van der Waals surface area contributed by atoms with Gasteiger partial charge in [-0.15, -0.1) is 0 Å². The van der Waals surface area contributed by atoms with Gasteiger partial charge in [0.25, 0.3) is 0 Å². The van der Waals surface area contributed by atoms with Gasteiger partial charge >= 0.3 is 5.97 Å². The third-order valence-electron chi connectivity index (χ3n) is 10.1. The molecule has 1 saturated carbocycles. The maximum Gasteiger partial charge on any atom is 0.311 e. The molecule has 2 aromatic carbocycles. The Kier molecular flexibility index (Phi) is 7.15. The van der Waals surface area contributed by atoms with Crippen molar-refractivity contribution in [1.29, 1.82) is 0 Å². The zero-order valence-corrected chi connectivity index (χ0v) is 23.2. The number of piperazine rings is 1. The number of carbonyl (C=O) groups excluding carboxylic acids is 1. The van der Waals surface area contributed by atoms with E-state index in [9.17, 15) is 9.90 Å². The number of allylic oxidation sites excluding steroid dienone is 1. The van der Waals surface area contributed by atoms with Gasteiger partial charge in [0.1, 0.15) is 6.10 Å². The Bertz CT molecular complexity index is 1180. The molecule has 0 aromatic heterocycles. The lowest BCUT2D eigenvalue weighted by molar-refractivity contribution is -0.145. The summed E-state index contributed by atoms with van der Waals surface area (Å²) in [5.41, 5.74) is 3.54. The molecule has 3 fully saturated rings. The fourth-order valence-corrected chi connectivity index (χ4v) is 7.78. The maximum absolute atomic E-state index is 13.1. The highest BCUT2D eigenvalue weighted by Gasteiger charge is 2.59. The Hall–Kier alpha value is -2.18. The average molecular weight is 535 g/mol. The van der Waals surface area contributed by atoms with E-state index < -0.39 is 6.10 Å². The number of aliphatic hydroxyl groups excluding tert-OH is 1. The smallest absolute Gasteiger partial charge is 0.311 e. The minimum atomic E-state index is -0.548. The van der Waals surface area contributed by atoms with Gasteiger partial charge in [0.15, 0.2) is 0 Å². The molecule has 0 radical (unpaired) electrons. The van der Waals surface area contributed by atoms with E-state index in [0.29, 0.717) is 12.5 Å². The molecule has 6 rings (SSSR count). The molecule has 2 heterocycles. The van der Waals surface area contributed by atoms with Crippen LogP contribution in [0.15, 0.2) is 66.2 Å². The molecule has 2 aromatic rings. The topological polar surface area (TPSA) is 53.0 Å². The summed E-state index contributed by atoms with van der Waals surface area (Å²) in [6.07, 6.45) is 4.47. The summed E-state index contributed by atoms with van der Waals surface area (Å²) in [6, 6.07) is 19.0. The normalized spacial score (nSPS) is 34.7. The lowest BCUT2D eigenvalue weighted by Crippen LogP contribution is -2.55. The van der Waals surface area contributed by atoms with Gasteiger partial charge in [-0.25, -0.2) is 0 Å². The van der Waals surface area contributed by atoms with Crippen molar-refractivity contribution in [3.05, 3.63) is 82.4 Å². The Labute approximate surface area is 231 Å². The maximum atomic E-state index is 13.1. The fourth-order valence-electron chi connectivity index (χ4n) is 7.65.